The standard InChI is InChI=1S/C26H25ClN2O4/c27-23-4-2-1-3-21(23)17-31-22-8-6-20(7-9-22)26(30)29-13-11-28(12-14-29)16-19-5-10-24-25(15-19)33-18-32-24/h1-10,15H,11-14,16-18H2. The smallest absolute Gasteiger partial charge is 0.253 e. The molecule has 1 amide bonds. The van der Waals surface area contributed by atoms with E-state index >= 15 is 0 Å². The number of halogens is 1. The van der Waals surface area contributed by atoms with E-state index in [9.17, 15) is 4.79 Å². The number of piperazine rings is 1. The van der Waals surface area contributed by atoms with E-state index in [2.05, 4.69) is 11.0 Å². The zero-order valence-electron chi connectivity index (χ0n) is 18.2. The van der Waals surface area contributed by atoms with Crippen LogP contribution in [0.2, 0.25) is 5.02 Å². The summed E-state index contributed by atoms with van der Waals surface area (Å²) < 4.78 is 16.7. The SMILES string of the molecule is O=C(c1ccc(OCc2ccccc2Cl)cc1)N1CCN(Cc2ccc3c(c2)OCO3)CC1. The summed E-state index contributed by atoms with van der Waals surface area (Å²) in [6, 6.07) is 21.0. The lowest BCUT2D eigenvalue weighted by Crippen LogP contribution is -2.48. The summed E-state index contributed by atoms with van der Waals surface area (Å²) in [5, 5.41) is 0.682. The molecule has 0 saturated carbocycles. The molecule has 2 heterocycles. The van der Waals surface area contributed by atoms with Crippen LogP contribution in [0.15, 0.2) is 66.7 Å². The van der Waals surface area contributed by atoms with Gasteiger partial charge in [-0.05, 0) is 48.0 Å². The van der Waals surface area contributed by atoms with E-state index in [1.807, 2.05) is 65.6 Å². The van der Waals surface area contributed by atoms with Gasteiger partial charge in [0.25, 0.3) is 5.91 Å². The molecule has 0 atom stereocenters. The van der Waals surface area contributed by atoms with Gasteiger partial charge in [-0.1, -0.05) is 35.9 Å². The van der Waals surface area contributed by atoms with Crippen LogP contribution < -0.4 is 14.2 Å². The van der Waals surface area contributed by atoms with Gasteiger partial charge in [0.1, 0.15) is 12.4 Å². The Morgan fingerprint density at radius 1 is 0.909 bits per heavy atom. The fourth-order valence-electron chi connectivity index (χ4n) is 4.06. The van der Waals surface area contributed by atoms with Gasteiger partial charge in [-0.3, -0.25) is 9.69 Å². The first kappa shape index (κ1) is 21.6. The van der Waals surface area contributed by atoms with Crippen molar-refractivity contribution in [2.75, 3.05) is 33.0 Å². The summed E-state index contributed by atoms with van der Waals surface area (Å²) in [5.41, 5.74) is 2.79. The van der Waals surface area contributed by atoms with E-state index in [1.54, 1.807) is 0 Å². The Kier molecular flexibility index (Phi) is 6.37. The Morgan fingerprint density at radius 2 is 1.67 bits per heavy atom. The molecule has 2 aliphatic rings. The number of nitrogens with zero attached hydrogens (tertiary/aromatic N) is 2. The van der Waals surface area contributed by atoms with Crippen molar-refractivity contribution >= 4 is 17.5 Å². The molecule has 33 heavy (non-hydrogen) atoms. The summed E-state index contributed by atoms with van der Waals surface area (Å²) in [5.74, 6) is 2.37. The minimum absolute atomic E-state index is 0.0513. The maximum atomic E-state index is 12.9. The van der Waals surface area contributed by atoms with Gasteiger partial charge < -0.3 is 19.1 Å². The first-order chi connectivity index (χ1) is 16.2. The second-order valence-corrected chi connectivity index (χ2v) is 8.57. The molecule has 0 N–H and O–H groups in total. The van der Waals surface area contributed by atoms with E-state index in [1.165, 1.54) is 5.56 Å². The highest BCUT2D eigenvalue weighted by atomic mass is 35.5. The van der Waals surface area contributed by atoms with E-state index in [0.717, 1.165) is 36.7 Å². The third-order valence-electron chi connectivity index (χ3n) is 5.96. The molecule has 1 saturated heterocycles. The monoisotopic (exact) mass is 464 g/mol. The van der Waals surface area contributed by atoms with E-state index in [4.69, 9.17) is 25.8 Å². The van der Waals surface area contributed by atoms with E-state index in [0.29, 0.717) is 36.0 Å². The molecule has 0 aromatic heterocycles. The molecular weight excluding hydrogens is 440 g/mol. The number of fused-ring (bicyclic) bond motifs is 1. The maximum Gasteiger partial charge on any atom is 0.253 e. The second-order valence-electron chi connectivity index (χ2n) is 8.16. The lowest BCUT2D eigenvalue weighted by molar-refractivity contribution is 0.0628. The molecule has 7 heteroatoms. The summed E-state index contributed by atoms with van der Waals surface area (Å²) in [6.07, 6.45) is 0. The van der Waals surface area contributed by atoms with Gasteiger partial charge in [-0.15, -0.1) is 0 Å². The van der Waals surface area contributed by atoms with Crippen molar-refractivity contribution in [3.05, 3.63) is 88.4 Å². The summed E-state index contributed by atoms with van der Waals surface area (Å²) in [7, 11) is 0. The largest absolute Gasteiger partial charge is 0.489 e. The molecule has 1 fully saturated rings. The molecule has 0 bridgehead atoms. The third-order valence-corrected chi connectivity index (χ3v) is 6.32. The number of carbonyl (C=O) groups is 1. The Bertz CT molecular complexity index is 1130. The van der Waals surface area contributed by atoms with Gasteiger partial charge in [-0.2, -0.15) is 0 Å². The van der Waals surface area contributed by atoms with Gasteiger partial charge >= 0.3 is 0 Å². The molecule has 0 aliphatic carbocycles. The van der Waals surface area contributed by atoms with E-state index < -0.39 is 0 Å². The predicted octanol–water partition coefficient (Wildman–Crippen LogP) is 4.61. The van der Waals surface area contributed by atoms with Crippen LogP contribution in [0.25, 0.3) is 0 Å². The Hall–Kier alpha value is -3.22. The molecule has 3 aromatic rings. The molecular formula is C26H25ClN2O4. The number of hydrogen-bond acceptors (Lipinski definition) is 5. The molecule has 0 unspecified atom stereocenters. The minimum Gasteiger partial charge on any atom is -0.489 e. The van der Waals surface area contributed by atoms with Crippen LogP contribution in [0, 0.1) is 0 Å². The van der Waals surface area contributed by atoms with Crippen molar-refractivity contribution in [2.45, 2.75) is 13.2 Å². The van der Waals surface area contributed by atoms with Crippen molar-refractivity contribution < 1.29 is 19.0 Å². The maximum absolute atomic E-state index is 12.9. The number of carbonyl (C=O) groups excluding carboxylic acids is 1. The molecule has 2 aliphatic heterocycles. The number of benzene rings is 3. The highest BCUT2D eigenvalue weighted by molar-refractivity contribution is 6.31. The Morgan fingerprint density at radius 3 is 2.45 bits per heavy atom. The molecule has 3 aromatic carbocycles. The topological polar surface area (TPSA) is 51.2 Å². The molecule has 6 nitrogen and oxygen atoms in total. The van der Waals surface area contributed by atoms with Crippen LogP contribution in [0.4, 0.5) is 0 Å². The lowest BCUT2D eigenvalue weighted by atomic mass is 10.1. The van der Waals surface area contributed by atoms with Crippen LogP contribution in [0.5, 0.6) is 17.2 Å². The number of amides is 1. The van der Waals surface area contributed by atoms with E-state index in [-0.39, 0.29) is 12.7 Å². The van der Waals surface area contributed by atoms with Crippen LogP contribution >= 0.6 is 11.6 Å². The molecule has 170 valence electrons. The van der Waals surface area contributed by atoms with Crippen LogP contribution in [0.1, 0.15) is 21.5 Å². The van der Waals surface area contributed by atoms with Crippen molar-refractivity contribution in [3.8, 4) is 17.2 Å². The van der Waals surface area contributed by atoms with Gasteiger partial charge in [0.05, 0.1) is 0 Å². The first-order valence-electron chi connectivity index (χ1n) is 11.0. The van der Waals surface area contributed by atoms with Crippen LogP contribution in [-0.2, 0) is 13.2 Å². The highest BCUT2D eigenvalue weighted by Crippen LogP contribution is 2.33. The average molecular weight is 465 g/mol. The van der Waals surface area contributed by atoms with Gasteiger partial charge in [0, 0.05) is 48.9 Å². The van der Waals surface area contributed by atoms with Crippen molar-refractivity contribution in [3.63, 3.8) is 0 Å². The minimum atomic E-state index is 0.0513. The lowest BCUT2D eigenvalue weighted by Gasteiger charge is -2.34. The van der Waals surface area contributed by atoms with Gasteiger partial charge in [-0.25, -0.2) is 0 Å². The van der Waals surface area contributed by atoms with Crippen LogP contribution in [0.3, 0.4) is 0 Å². The number of ether oxygens (including phenoxy) is 3. The fourth-order valence-corrected chi connectivity index (χ4v) is 4.25. The highest BCUT2D eigenvalue weighted by Gasteiger charge is 2.23. The second kappa shape index (κ2) is 9.73. The summed E-state index contributed by atoms with van der Waals surface area (Å²) >= 11 is 6.18. The molecule has 0 radical (unpaired) electrons. The Labute approximate surface area is 198 Å². The number of hydrogen-bond donors (Lipinski definition) is 0. The van der Waals surface area contributed by atoms with Crippen molar-refractivity contribution in [1.82, 2.24) is 9.80 Å². The Balaban J connectivity index is 1.12. The first-order valence-corrected chi connectivity index (χ1v) is 11.4. The zero-order chi connectivity index (χ0) is 22.6. The summed E-state index contributed by atoms with van der Waals surface area (Å²) in [4.78, 5) is 17.2. The van der Waals surface area contributed by atoms with Gasteiger partial charge in [0.2, 0.25) is 6.79 Å². The van der Waals surface area contributed by atoms with Crippen LogP contribution in [-0.4, -0.2) is 48.7 Å². The normalized spacial score (nSPS) is 15.5. The summed E-state index contributed by atoms with van der Waals surface area (Å²) in [6.45, 7) is 4.57. The molecule has 0 spiro atoms. The zero-order valence-corrected chi connectivity index (χ0v) is 19.0. The quantitative estimate of drug-likeness (QED) is 0.533. The number of rotatable bonds is 6. The average Bonchev–Trinajstić information content (AvgIpc) is 3.32. The van der Waals surface area contributed by atoms with Gasteiger partial charge in [0.15, 0.2) is 11.5 Å². The van der Waals surface area contributed by atoms with Crippen molar-refractivity contribution in [2.24, 2.45) is 0 Å². The van der Waals surface area contributed by atoms with Crippen molar-refractivity contribution in [1.29, 1.82) is 0 Å². The third kappa shape index (κ3) is 5.07. The fraction of sp³-hybridized carbons (Fsp3) is 0.269. The predicted molar refractivity (Wildman–Crippen MR) is 126 cm³/mol. The molecule has 5 rings (SSSR count).